The molecule has 1 fully saturated rings. The van der Waals surface area contributed by atoms with Gasteiger partial charge < -0.3 is 4.52 Å². The Kier molecular flexibility index (Phi) is 4.88. The van der Waals surface area contributed by atoms with Gasteiger partial charge >= 0.3 is 7.07 Å². The van der Waals surface area contributed by atoms with Crippen molar-refractivity contribution in [3.8, 4) is 0 Å². The summed E-state index contributed by atoms with van der Waals surface area (Å²) in [5, 5.41) is 6.27. The van der Waals surface area contributed by atoms with Crippen molar-refractivity contribution in [1.82, 2.24) is 15.0 Å². The molecule has 0 aromatic heterocycles. The second kappa shape index (κ2) is 5.54. The molecule has 2 atom stereocenters. The van der Waals surface area contributed by atoms with Crippen LogP contribution in [0.2, 0.25) is 0 Å². The van der Waals surface area contributed by atoms with Crippen molar-refractivity contribution in [3.63, 3.8) is 0 Å². The summed E-state index contributed by atoms with van der Waals surface area (Å²) in [5.41, 5.74) is 0. The lowest BCUT2D eigenvalue weighted by molar-refractivity contribution is 0.308. The van der Waals surface area contributed by atoms with Gasteiger partial charge in [0.1, 0.15) is 0 Å². The van der Waals surface area contributed by atoms with Crippen molar-refractivity contribution in [2.45, 2.75) is 13.3 Å². The summed E-state index contributed by atoms with van der Waals surface area (Å²) in [5.74, 6) is -2.68. The molecule has 1 saturated heterocycles. The van der Waals surface area contributed by atoms with Gasteiger partial charge in [-0.2, -0.15) is 4.86 Å². The molecular weight excluding hydrogens is 345 g/mol. The van der Waals surface area contributed by atoms with Crippen LogP contribution in [0.25, 0.3) is 0 Å². The summed E-state index contributed by atoms with van der Waals surface area (Å²) >= 11 is 18.7. The van der Waals surface area contributed by atoms with Gasteiger partial charge in [0.25, 0.3) is 13.5 Å². The van der Waals surface area contributed by atoms with Crippen LogP contribution in [0.4, 0.5) is 0 Å². The minimum Gasteiger partial charge on any atom is -0.319 e. The van der Waals surface area contributed by atoms with Gasteiger partial charge in [0.05, 0.1) is 6.61 Å². The maximum atomic E-state index is 6.38. The standard InChI is InChI=1S/C5H14Cl3N5OP3/c1-2-9-16(8)11-15(6,7)12-17(13-16)10-4-3-5-14-17/h9-10,12H,2-5H2,1H3/q+1/t16?,17-/m1/s1. The highest BCUT2D eigenvalue weighted by atomic mass is 35.9. The van der Waals surface area contributed by atoms with Gasteiger partial charge in [-0.1, -0.05) is 0 Å². The summed E-state index contributed by atoms with van der Waals surface area (Å²) in [7, 11) is -4.95. The third kappa shape index (κ3) is 3.79. The Labute approximate surface area is 116 Å². The van der Waals surface area contributed by atoms with Crippen LogP contribution >= 0.6 is 54.3 Å². The van der Waals surface area contributed by atoms with Crippen LogP contribution in [0.1, 0.15) is 13.3 Å². The van der Waals surface area contributed by atoms with Crippen molar-refractivity contribution >= 4 is 54.3 Å². The zero-order valence-electron chi connectivity index (χ0n) is 9.11. The van der Waals surface area contributed by atoms with E-state index in [1.165, 1.54) is 0 Å². The molecule has 2 heterocycles. The second-order valence-electron chi connectivity index (χ2n) is 3.47. The Morgan fingerprint density at radius 1 is 1.47 bits per heavy atom. The van der Waals surface area contributed by atoms with E-state index in [0.717, 1.165) is 13.0 Å². The lowest BCUT2D eigenvalue weighted by atomic mass is 10.5. The predicted molar refractivity (Wildman–Crippen MR) is 78.6 cm³/mol. The first-order valence-corrected chi connectivity index (χ1v) is 12.9. The minimum atomic E-state index is -2.68. The molecule has 0 aliphatic carbocycles. The monoisotopic (exact) mass is 358 g/mol. The molecule has 2 aliphatic rings. The molecule has 12 heteroatoms. The predicted octanol–water partition coefficient (Wildman–Crippen LogP) is 4.50. The molecular formula is C5H14Cl3N5OP3+. The van der Waals surface area contributed by atoms with Crippen molar-refractivity contribution in [2.24, 2.45) is 9.03 Å². The average Bonchev–Trinajstić information content (AvgIpc) is 2.14. The summed E-state index contributed by atoms with van der Waals surface area (Å²) in [6.07, 6.45) is 0.932. The minimum absolute atomic E-state index is 0.619. The van der Waals surface area contributed by atoms with E-state index < -0.39 is 20.6 Å². The lowest BCUT2D eigenvalue weighted by Gasteiger charge is -2.33. The maximum Gasteiger partial charge on any atom is 0.424 e. The third-order valence-corrected chi connectivity index (χ3v) is 13.9. The summed E-state index contributed by atoms with van der Waals surface area (Å²) in [4.78, 5) is 3.01. The van der Waals surface area contributed by atoms with E-state index in [0.29, 0.717) is 13.2 Å². The highest BCUT2D eigenvalue weighted by Crippen LogP contribution is 2.83. The second-order valence-corrected chi connectivity index (χ2v) is 14.6. The van der Waals surface area contributed by atoms with E-state index in [4.69, 9.17) is 38.2 Å². The highest BCUT2D eigenvalue weighted by molar-refractivity contribution is 8.17. The summed E-state index contributed by atoms with van der Waals surface area (Å²) < 4.78 is 14.4. The Morgan fingerprint density at radius 2 is 2.24 bits per heavy atom. The number of nitrogens with one attached hydrogen (secondary N) is 3. The topological polar surface area (TPSA) is 70.0 Å². The van der Waals surface area contributed by atoms with Crippen LogP contribution in [0.3, 0.4) is 0 Å². The van der Waals surface area contributed by atoms with Crippen LogP contribution in [-0.4, -0.2) is 19.7 Å². The molecule has 1 spiro atoms. The number of rotatable bonds is 2. The Bertz CT molecular complexity index is 404. The van der Waals surface area contributed by atoms with Crippen LogP contribution in [0.5, 0.6) is 0 Å². The first-order chi connectivity index (χ1) is 7.89. The number of halogens is 3. The van der Waals surface area contributed by atoms with Crippen molar-refractivity contribution in [2.75, 3.05) is 19.7 Å². The molecule has 17 heavy (non-hydrogen) atoms. The fourth-order valence-corrected chi connectivity index (χ4v) is 16.0. The Hall–Kier alpha value is 1.60. The molecule has 0 aromatic rings. The van der Waals surface area contributed by atoms with Gasteiger partial charge in [0, 0.05) is 13.1 Å². The number of hydrogen-bond donors (Lipinski definition) is 3. The largest absolute Gasteiger partial charge is 0.424 e. The molecule has 0 amide bonds. The number of hydrogen-bond acceptors (Lipinski definition) is 6. The van der Waals surface area contributed by atoms with Crippen molar-refractivity contribution < 1.29 is 4.52 Å². The summed E-state index contributed by atoms with van der Waals surface area (Å²) in [6.45, 7) is 4.01. The number of nitrogens with zero attached hydrogens (tertiary/aromatic N) is 2. The fourth-order valence-electron chi connectivity index (χ4n) is 1.47. The van der Waals surface area contributed by atoms with Crippen LogP contribution in [-0.2, 0) is 4.52 Å². The van der Waals surface area contributed by atoms with E-state index >= 15 is 0 Å². The third-order valence-electron chi connectivity index (χ3n) is 2.02. The van der Waals surface area contributed by atoms with E-state index in [2.05, 4.69) is 24.1 Å². The molecule has 100 valence electrons. The van der Waals surface area contributed by atoms with Gasteiger partial charge in [0.2, 0.25) is 0 Å². The van der Waals surface area contributed by atoms with Crippen LogP contribution in [0, 0.1) is 0 Å². The molecule has 0 radical (unpaired) electrons. The first-order valence-electron chi connectivity index (χ1n) is 5.09. The Morgan fingerprint density at radius 3 is 2.82 bits per heavy atom. The molecule has 6 nitrogen and oxygen atoms in total. The van der Waals surface area contributed by atoms with Crippen LogP contribution < -0.4 is 15.0 Å². The van der Waals surface area contributed by atoms with Gasteiger partial charge in [-0.25, -0.2) is 5.09 Å². The average molecular weight is 359 g/mol. The molecule has 0 saturated carbocycles. The van der Waals surface area contributed by atoms with Gasteiger partial charge in [-0.3, -0.25) is 0 Å². The lowest BCUT2D eigenvalue weighted by Crippen LogP contribution is -2.29. The van der Waals surface area contributed by atoms with E-state index in [9.17, 15) is 0 Å². The first kappa shape index (κ1) is 15.0. The molecule has 2 aliphatic heterocycles. The normalized spacial score (nSPS) is 40.7. The summed E-state index contributed by atoms with van der Waals surface area (Å²) in [6, 6.07) is 0. The highest BCUT2D eigenvalue weighted by Gasteiger charge is 2.50. The van der Waals surface area contributed by atoms with E-state index in [1.807, 2.05) is 6.92 Å². The van der Waals surface area contributed by atoms with E-state index in [1.54, 1.807) is 0 Å². The zero-order valence-corrected chi connectivity index (χ0v) is 14.1. The van der Waals surface area contributed by atoms with Crippen LogP contribution in [0.15, 0.2) is 9.03 Å². The zero-order chi connectivity index (χ0) is 12.6. The van der Waals surface area contributed by atoms with Gasteiger partial charge in [0.15, 0.2) is 11.2 Å². The molecule has 0 aromatic carbocycles. The fraction of sp³-hybridized carbons (Fsp3) is 1.00. The SMILES string of the molecule is CCN[P+]1(Cl)N=P(Cl)(Cl)N[P@@]2(=N1)NCCCO2. The Balaban J connectivity index is 2.38. The van der Waals surface area contributed by atoms with E-state index in [-0.39, 0.29) is 0 Å². The quantitative estimate of drug-likeness (QED) is 0.635. The van der Waals surface area contributed by atoms with Gasteiger partial charge in [-0.15, -0.1) is 5.09 Å². The van der Waals surface area contributed by atoms with Crippen molar-refractivity contribution in [3.05, 3.63) is 0 Å². The van der Waals surface area contributed by atoms with Gasteiger partial charge in [-0.05, 0) is 44.9 Å². The van der Waals surface area contributed by atoms with Crippen molar-refractivity contribution in [1.29, 1.82) is 0 Å². The smallest absolute Gasteiger partial charge is 0.319 e. The molecule has 0 bridgehead atoms. The maximum absolute atomic E-state index is 6.38. The molecule has 3 N–H and O–H groups in total. The molecule has 1 unspecified atom stereocenters. The molecule has 2 rings (SSSR count).